The topological polar surface area (TPSA) is 59.3 Å². The highest BCUT2D eigenvalue weighted by molar-refractivity contribution is 6.03. The van der Waals surface area contributed by atoms with Gasteiger partial charge in [-0.25, -0.2) is 9.50 Å². The second-order valence-corrected chi connectivity index (χ2v) is 6.70. The van der Waals surface area contributed by atoms with E-state index >= 15 is 0 Å². The number of anilines is 1. The summed E-state index contributed by atoms with van der Waals surface area (Å²) in [6, 6.07) is 19.4. The highest BCUT2D eigenvalue weighted by atomic mass is 16.2. The van der Waals surface area contributed by atoms with Crippen LogP contribution in [0.2, 0.25) is 0 Å². The second kappa shape index (κ2) is 6.68. The van der Waals surface area contributed by atoms with Crippen molar-refractivity contribution in [1.82, 2.24) is 14.6 Å². The van der Waals surface area contributed by atoms with E-state index in [1.807, 2.05) is 75.4 Å². The summed E-state index contributed by atoms with van der Waals surface area (Å²) in [6.45, 7) is 5.95. The molecule has 27 heavy (non-hydrogen) atoms. The van der Waals surface area contributed by atoms with Gasteiger partial charge in [-0.05, 0) is 50.1 Å². The Morgan fingerprint density at radius 1 is 0.926 bits per heavy atom. The SMILES string of the molecule is Cc1cc(C(=O)Nc2ccc(C)c(C)c2)n2nc(-c3ccccc3)cc2n1. The number of fused-ring (bicyclic) bond motifs is 1. The molecule has 4 rings (SSSR count). The molecule has 0 aliphatic heterocycles. The van der Waals surface area contributed by atoms with Crippen molar-refractivity contribution in [2.75, 3.05) is 5.32 Å². The van der Waals surface area contributed by atoms with Crippen LogP contribution in [0.3, 0.4) is 0 Å². The third kappa shape index (κ3) is 3.31. The van der Waals surface area contributed by atoms with Gasteiger partial charge in [0.25, 0.3) is 5.91 Å². The van der Waals surface area contributed by atoms with Crippen molar-refractivity contribution in [2.45, 2.75) is 20.8 Å². The summed E-state index contributed by atoms with van der Waals surface area (Å²) in [7, 11) is 0. The number of hydrogen-bond donors (Lipinski definition) is 1. The van der Waals surface area contributed by atoms with Crippen molar-refractivity contribution in [3.05, 3.63) is 83.2 Å². The predicted octanol–water partition coefficient (Wildman–Crippen LogP) is 4.57. The van der Waals surface area contributed by atoms with Crippen LogP contribution in [-0.2, 0) is 0 Å². The molecule has 1 N–H and O–H groups in total. The Morgan fingerprint density at radius 2 is 1.70 bits per heavy atom. The summed E-state index contributed by atoms with van der Waals surface area (Å²) in [6.07, 6.45) is 0. The van der Waals surface area contributed by atoms with E-state index in [1.54, 1.807) is 10.6 Å². The molecule has 134 valence electrons. The summed E-state index contributed by atoms with van der Waals surface area (Å²) in [5.74, 6) is -0.212. The third-order valence-corrected chi connectivity index (χ3v) is 4.62. The highest BCUT2D eigenvalue weighted by Crippen LogP contribution is 2.21. The molecular weight excluding hydrogens is 336 g/mol. The van der Waals surface area contributed by atoms with Crippen LogP contribution in [0.25, 0.3) is 16.9 Å². The Labute approximate surface area is 157 Å². The van der Waals surface area contributed by atoms with Gasteiger partial charge in [-0.2, -0.15) is 5.10 Å². The number of aryl methyl sites for hydroxylation is 3. The number of aromatic nitrogens is 3. The van der Waals surface area contributed by atoms with E-state index in [4.69, 9.17) is 0 Å². The van der Waals surface area contributed by atoms with Gasteiger partial charge in [-0.1, -0.05) is 36.4 Å². The average molecular weight is 356 g/mol. The van der Waals surface area contributed by atoms with E-state index in [-0.39, 0.29) is 5.91 Å². The van der Waals surface area contributed by atoms with Gasteiger partial charge >= 0.3 is 0 Å². The van der Waals surface area contributed by atoms with Gasteiger partial charge in [0.1, 0.15) is 5.69 Å². The van der Waals surface area contributed by atoms with Crippen LogP contribution >= 0.6 is 0 Å². The molecule has 4 aromatic rings. The Balaban J connectivity index is 1.75. The van der Waals surface area contributed by atoms with E-state index < -0.39 is 0 Å². The zero-order valence-electron chi connectivity index (χ0n) is 15.5. The fourth-order valence-electron chi connectivity index (χ4n) is 3.03. The highest BCUT2D eigenvalue weighted by Gasteiger charge is 2.16. The minimum atomic E-state index is -0.212. The standard InChI is InChI=1S/C22H20N4O/c1-14-9-10-18(11-15(14)2)24-22(27)20-12-16(3)23-21-13-19(25-26(20)21)17-7-5-4-6-8-17/h4-13H,1-3H3,(H,24,27). The number of amides is 1. The lowest BCUT2D eigenvalue weighted by Gasteiger charge is -2.09. The lowest BCUT2D eigenvalue weighted by molar-refractivity contribution is 0.101. The summed E-state index contributed by atoms with van der Waals surface area (Å²) in [5, 5.41) is 7.58. The van der Waals surface area contributed by atoms with Crippen molar-refractivity contribution >= 4 is 17.2 Å². The number of carbonyl (C=O) groups is 1. The van der Waals surface area contributed by atoms with Gasteiger partial charge in [-0.3, -0.25) is 4.79 Å². The van der Waals surface area contributed by atoms with Gasteiger partial charge in [0.05, 0.1) is 5.69 Å². The summed E-state index contributed by atoms with van der Waals surface area (Å²) in [4.78, 5) is 17.4. The quantitative estimate of drug-likeness (QED) is 0.585. The molecule has 0 spiro atoms. The monoisotopic (exact) mass is 356 g/mol. The molecule has 0 fully saturated rings. The maximum Gasteiger partial charge on any atom is 0.274 e. The van der Waals surface area contributed by atoms with E-state index in [2.05, 4.69) is 15.4 Å². The fourth-order valence-corrected chi connectivity index (χ4v) is 3.03. The van der Waals surface area contributed by atoms with Crippen LogP contribution in [0.5, 0.6) is 0 Å². The molecule has 2 aromatic carbocycles. The third-order valence-electron chi connectivity index (χ3n) is 4.62. The first-order valence-corrected chi connectivity index (χ1v) is 8.83. The molecule has 0 bridgehead atoms. The van der Waals surface area contributed by atoms with Gasteiger partial charge < -0.3 is 5.32 Å². The summed E-state index contributed by atoms with van der Waals surface area (Å²) < 4.78 is 1.60. The van der Waals surface area contributed by atoms with Gasteiger partial charge in [0.15, 0.2) is 5.65 Å². The molecule has 1 amide bonds. The molecule has 5 nitrogen and oxygen atoms in total. The molecule has 0 saturated carbocycles. The average Bonchev–Trinajstić information content (AvgIpc) is 3.08. The van der Waals surface area contributed by atoms with Crippen LogP contribution in [0.4, 0.5) is 5.69 Å². The maximum absolute atomic E-state index is 12.9. The Hall–Kier alpha value is -3.47. The number of hydrogen-bond acceptors (Lipinski definition) is 3. The molecule has 0 unspecified atom stereocenters. The fraction of sp³-hybridized carbons (Fsp3) is 0.136. The number of nitrogens with zero attached hydrogens (tertiary/aromatic N) is 3. The normalized spacial score (nSPS) is 10.9. The lowest BCUT2D eigenvalue weighted by Crippen LogP contribution is -2.17. The molecule has 2 heterocycles. The number of benzene rings is 2. The molecule has 0 saturated heterocycles. The van der Waals surface area contributed by atoms with E-state index in [9.17, 15) is 4.79 Å². The van der Waals surface area contributed by atoms with Crippen molar-refractivity contribution in [3.8, 4) is 11.3 Å². The van der Waals surface area contributed by atoms with E-state index in [1.165, 1.54) is 5.56 Å². The van der Waals surface area contributed by atoms with Gasteiger partial charge in [-0.15, -0.1) is 0 Å². The Morgan fingerprint density at radius 3 is 2.44 bits per heavy atom. The lowest BCUT2D eigenvalue weighted by atomic mass is 10.1. The Kier molecular flexibility index (Phi) is 4.20. The molecular formula is C22H20N4O. The van der Waals surface area contributed by atoms with E-state index in [0.717, 1.165) is 28.2 Å². The minimum absolute atomic E-state index is 0.212. The van der Waals surface area contributed by atoms with Gasteiger partial charge in [0.2, 0.25) is 0 Å². The zero-order valence-corrected chi connectivity index (χ0v) is 15.5. The Bertz CT molecular complexity index is 1150. The van der Waals surface area contributed by atoms with Crippen molar-refractivity contribution in [1.29, 1.82) is 0 Å². The van der Waals surface area contributed by atoms with Crippen molar-refractivity contribution in [3.63, 3.8) is 0 Å². The molecule has 0 aliphatic rings. The van der Waals surface area contributed by atoms with Gasteiger partial charge in [0, 0.05) is 23.0 Å². The molecule has 0 radical (unpaired) electrons. The largest absolute Gasteiger partial charge is 0.321 e. The van der Waals surface area contributed by atoms with Crippen LogP contribution in [0.1, 0.15) is 27.3 Å². The summed E-state index contributed by atoms with van der Waals surface area (Å²) in [5.41, 5.74) is 6.74. The van der Waals surface area contributed by atoms with Crippen LogP contribution in [0.15, 0.2) is 60.7 Å². The molecule has 0 atom stereocenters. The van der Waals surface area contributed by atoms with E-state index in [0.29, 0.717) is 11.3 Å². The number of nitrogens with one attached hydrogen (secondary N) is 1. The van der Waals surface area contributed by atoms with Crippen molar-refractivity contribution in [2.24, 2.45) is 0 Å². The first-order valence-electron chi connectivity index (χ1n) is 8.83. The summed E-state index contributed by atoms with van der Waals surface area (Å²) >= 11 is 0. The van der Waals surface area contributed by atoms with Crippen LogP contribution in [0, 0.1) is 20.8 Å². The predicted molar refractivity (Wildman–Crippen MR) is 107 cm³/mol. The molecule has 5 heteroatoms. The maximum atomic E-state index is 12.9. The second-order valence-electron chi connectivity index (χ2n) is 6.70. The first kappa shape index (κ1) is 17.0. The molecule has 0 aliphatic carbocycles. The zero-order chi connectivity index (χ0) is 19.0. The van der Waals surface area contributed by atoms with Crippen molar-refractivity contribution < 1.29 is 4.79 Å². The van der Waals surface area contributed by atoms with Crippen LogP contribution in [-0.4, -0.2) is 20.5 Å². The smallest absolute Gasteiger partial charge is 0.274 e. The first-order chi connectivity index (χ1) is 13.0. The van der Waals surface area contributed by atoms with Crippen LogP contribution < -0.4 is 5.32 Å². The minimum Gasteiger partial charge on any atom is -0.321 e. The number of rotatable bonds is 3. The number of carbonyl (C=O) groups excluding carboxylic acids is 1. The molecule has 2 aromatic heterocycles.